The summed E-state index contributed by atoms with van der Waals surface area (Å²) in [5.41, 5.74) is 7.55. The first-order chi connectivity index (χ1) is 9.24. The van der Waals surface area contributed by atoms with Crippen LogP contribution in [0.15, 0.2) is 6.20 Å². The fourth-order valence-corrected chi connectivity index (χ4v) is 3.52. The van der Waals surface area contributed by atoms with E-state index in [1.54, 1.807) is 13.3 Å². The Labute approximate surface area is 114 Å². The zero-order chi connectivity index (χ0) is 13.4. The molecule has 0 spiro atoms. The van der Waals surface area contributed by atoms with E-state index in [1.807, 2.05) is 4.68 Å². The summed E-state index contributed by atoms with van der Waals surface area (Å²) in [6.45, 7) is 3.03. The van der Waals surface area contributed by atoms with Crippen molar-refractivity contribution in [1.82, 2.24) is 9.78 Å². The van der Waals surface area contributed by atoms with Gasteiger partial charge in [0.25, 0.3) is 0 Å². The highest BCUT2D eigenvalue weighted by atomic mass is 16.5. The van der Waals surface area contributed by atoms with Gasteiger partial charge < -0.3 is 15.2 Å². The minimum Gasteiger partial charge on any atom is -0.493 e. The maximum Gasteiger partial charge on any atom is 0.161 e. The number of ether oxygens (including phenoxy) is 2. The van der Waals surface area contributed by atoms with Gasteiger partial charge in [0.15, 0.2) is 5.75 Å². The highest BCUT2D eigenvalue weighted by molar-refractivity contribution is 5.29. The lowest BCUT2D eigenvalue weighted by Crippen LogP contribution is -2.31. The summed E-state index contributed by atoms with van der Waals surface area (Å²) in [6, 6.07) is -0.0423. The average Bonchev–Trinajstić information content (AvgIpc) is 3.12. The Morgan fingerprint density at radius 1 is 1.58 bits per heavy atom. The smallest absolute Gasteiger partial charge is 0.161 e. The molecule has 19 heavy (non-hydrogen) atoms. The third-order valence-electron chi connectivity index (χ3n) is 4.43. The first-order valence-electron chi connectivity index (χ1n) is 7.25. The second kappa shape index (κ2) is 5.13. The summed E-state index contributed by atoms with van der Waals surface area (Å²) in [5.74, 6) is 1.21. The summed E-state index contributed by atoms with van der Waals surface area (Å²) in [6.07, 6.45) is 6.99. The van der Waals surface area contributed by atoms with Crippen molar-refractivity contribution in [1.29, 1.82) is 0 Å². The molecule has 0 saturated carbocycles. The Kier molecular flexibility index (Phi) is 3.50. The topological polar surface area (TPSA) is 62.3 Å². The molecular formula is C14H23N3O2. The number of nitrogens with two attached hydrogens (primary N) is 1. The molecule has 106 valence electrons. The van der Waals surface area contributed by atoms with E-state index in [0.29, 0.717) is 18.1 Å². The maximum absolute atomic E-state index is 6.52. The van der Waals surface area contributed by atoms with E-state index in [-0.39, 0.29) is 6.04 Å². The SMILES string of the molecule is CCCn1ncc(OC)c1C(N)C1CC2CCC1O2. The first-order valence-corrected chi connectivity index (χ1v) is 7.25. The lowest BCUT2D eigenvalue weighted by atomic mass is 9.83. The van der Waals surface area contributed by atoms with Gasteiger partial charge in [-0.15, -0.1) is 0 Å². The second-order valence-corrected chi connectivity index (χ2v) is 5.62. The molecular weight excluding hydrogens is 242 g/mol. The van der Waals surface area contributed by atoms with Crippen molar-refractivity contribution in [3.63, 3.8) is 0 Å². The molecule has 0 aromatic carbocycles. The van der Waals surface area contributed by atoms with E-state index in [1.165, 1.54) is 6.42 Å². The summed E-state index contributed by atoms with van der Waals surface area (Å²) < 4.78 is 13.4. The number of fused-ring (bicyclic) bond motifs is 2. The fraction of sp³-hybridized carbons (Fsp3) is 0.786. The first kappa shape index (κ1) is 12.9. The largest absolute Gasteiger partial charge is 0.493 e. The van der Waals surface area contributed by atoms with E-state index < -0.39 is 0 Å². The molecule has 4 atom stereocenters. The summed E-state index contributed by atoms with van der Waals surface area (Å²) in [4.78, 5) is 0. The molecule has 5 heteroatoms. The van der Waals surface area contributed by atoms with Gasteiger partial charge in [0.2, 0.25) is 0 Å². The lowest BCUT2D eigenvalue weighted by molar-refractivity contribution is 0.0877. The zero-order valence-electron chi connectivity index (χ0n) is 11.7. The molecule has 2 fully saturated rings. The summed E-state index contributed by atoms with van der Waals surface area (Å²) in [7, 11) is 1.68. The summed E-state index contributed by atoms with van der Waals surface area (Å²) in [5, 5.41) is 4.40. The van der Waals surface area contributed by atoms with Gasteiger partial charge in [0, 0.05) is 12.5 Å². The van der Waals surface area contributed by atoms with Gasteiger partial charge in [-0.3, -0.25) is 4.68 Å². The van der Waals surface area contributed by atoms with Crippen molar-refractivity contribution in [3.8, 4) is 5.75 Å². The Balaban J connectivity index is 1.85. The maximum atomic E-state index is 6.52. The van der Waals surface area contributed by atoms with Crippen molar-refractivity contribution >= 4 is 0 Å². The van der Waals surface area contributed by atoms with Crippen LogP contribution in [0.5, 0.6) is 5.75 Å². The normalized spacial score (nSPS) is 30.8. The quantitative estimate of drug-likeness (QED) is 0.883. The van der Waals surface area contributed by atoms with Crippen molar-refractivity contribution in [2.75, 3.05) is 7.11 Å². The standard InChI is InChI=1S/C14H23N3O2/c1-3-6-17-14(12(18-2)8-16-17)13(15)10-7-9-4-5-11(10)19-9/h8-11,13H,3-7,15H2,1-2H3. The van der Waals surface area contributed by atoms with Gasteiger partial charge in [0.1, 0.15) is 0 Å². The van der Waals surface area contributed by atoms with Crippen LogP contribution in [-0.2, 0) is 11.3 Å². The number of hydrogen-bond acceptors (Lipinski definition) is 4. The molecule has 0 radical (unpaired) electrons. The number of aryl methyl sites for hydroxylation is 1. The molecule has 3 heterocycles. The van der Waals surface area contributed by atoms with Gasteiger partial charge in [-0.05, 0) is 25.7 Å². The van der Waals surface area contributed by atoms with E-state index in [9.17, 15) is 0 Å². The van der Waals surface area contributed by atoms with Gasteiger partial charge >= 0.3 is 0 Å². The average molecular weight is 265 g/mol. The minimum atomic E-state index is -0.0423. The molecule has 2 aliphatic rings. The molecule has 4 unspecified atom stereocenters. The summed E-state index contributed by atoms with van der Waals surface area (Å²) >= 11 is 0. The lowest BCUT2D eigenvalue weighted by Gasteiger charge is -2.26. The molecule has 1 aromatic rings. The second-order valence-electron chi connectivity index (χ2n) is 5.62. The van der Waals surface area contributed by atoms with Crippen LogP contribution in [0.4, 0.5) is 0 Å². The number of hydrogen-bond donors (Lipinski definition) is 1. The molecule has 2 bridgehead atoms. The molecule has 0 amide bonds. The van der Waals surface area contributed by atoms with Crippen LogP contribution < -0.4 is 10.5 Å². The molecule has 0 aliphatic carbocycles. The van der Waals surface area contributed by atoms with Crippen LogP contribution in [0.25, 0.3) is 0 Å². The highest BCUT2D eigenvalue weighted by Gasteiger charge is 2.45. The van der Waals surface area contributed by atoms with Gasteiger partial charge in [-0.2, -0.15) is 5.10 Å². The molecule has 5 nitrogen and oxygen atoms in total. The molecule has 3 rings (SSSR count). The van der Waals surface area contributed by atoms with Crippen molar-refractivity contribution in [2.24, 2.45) is 11.7 Å². The number of nitrogens with zero attached hydrogens (tertiary/aromatic N) is 2. The van der Waals surface area contributed by atoms with E-state index in [2.05, 4.69) is 12.0 Å². The van der Waals surface area contributed by atoms with E-state index in [0.717, 1.165) is 37.3 Å². The van der Waals surface area contributed by atoms with Gasteiger partial charge in [-0.25, -0.2) is 0 Å². The molecule has 2 saturated heterocycles. The van der Waals surface area contributed by atoms with Crippen LogP contribution in [0, 0.1) is 5.92 Å². The number of methoxy groups -OCH3 is 1. The highest BCUT2D eigenvalue weighted by Crippen LogP contribution is 2.45. The Morgan fingerprint density at radius 3 is 3.00 bits per heavy atom. The molecule has 1 aromatic heterocycles. The Hall–Kier alpha value is -1.07. The predicted octanol–water partition coefficient (Wildman–Crippen LogP) is 1.87. The Morgan fingerprint density at radius 2 is 2.42 bits per heavy atom. The van der Waals surface area contributed by atoms with Crippen LogP contribution in [0.2, 0.25) is 0 Å². The number of rotatable bonds is 5. The van der Waals surface area contributed by atoms with Crippen LogP contribution in [-0.4, -0.2) is 29.1 Å². The van der Waals surface area contributed by atoms with Crippen LogP contribution in [0.1, 0.15) is 44.3 Å². The van der Waals surface area contributed by atoms with E-state index >= 15 is 0 Å². The zero-order valence-corrected chi connectivity index (χ0v) is 11.7. The predicted molar refractivity (Wildman–Crippen MR) is 72.0 cm³/mol. The van der Waals surface area contributed by atoms with Crippen molar-refractivity contribution in [2.45, 2.75) is 57.4 Å². The van der Waals surface area contributed by atoms with E-state index in [4.69, 9.17) is 15.2 Å². The van der Waals surface area contributed by atoms with Crippen molar-refractivity contribution in [3.05, 3.63) is 11.9 Å². The van der Waals surface area contributed by atoms with Crippen molar-refractivity contribution < 1.29 is 9.47 Å². The Bertz CT molecular complexity index is 446. The monoisotopic (exact) mass is 265 g/mol. The van der Waals surface area contributed by atoms with Gasteiger partial charge in [0.05, 0.1) is 37.3 Å². The van der Waals surface area contributed by atoms with Gasteiger partial charge in [-0.1, -0.05) is 6.92 Å². The van der Waals surface area contributed by atoms with Crippen LogP contribution >= 0.6 is 0 Å². The minimum absolute atomic E-state index is 0.0423. The van der Waals surface area contributed by atoms with Crippen LogP contribution in [0.3, 0.4) is 0 Å². The third kappa shape index (κ3) is 2.15. The molecule has 2 N–H and O–H groups in total. The number of aromatic nitrogens is 2. The fourth-order valence-electron chi connectivity index (χ4n) is 3.52. The third-order valence-corrected chi connectivity index (χ3v) is 4.43. The molecule has 2 aliphatic heterocycles.